The van der Waals surface area contributed by atoms with Gasteiger partial charge in [-0.15, -0.1) is 0 Å². The predicted octanol–water partition coefficient (Wildman–Crippen LogP) is 2.57. The van der Waals surface area contributed by atoms with Crippen LogP contribution in [0, 0.1) is 17.1 Å². The lowest BCUT2D eigenvalue weighted by atomic mass is 10.0. The summed E-state index contributed by atoms with van der Waals surface area (Å²) in [6.07, 6.45) is 0.528. The van der Waals surface area contributed by atoms with Crippen LogP contribution in [-0.2, 0) is 11.2 Å². The molecule has 2 aromatic carbocycles. The van der Waals surface area contributed by atoms with Crippen LogP contribution in [0.1, 0.15) is 21.5 Å². The lowest BCUT2D eigenvalue weighted by Crippen LogP contribution is -2.56. The molecule has 3 N–H and O–H groups in total. The van der Waals surface area contributed by atoms with Gasteiger partial charge in [0.15, 0.2) is 0 Å². The van der Waals surface area contributed by atoms with E-state index in [2.05, 4.69) is 27.0 Å². The van der Waals surface area contributed by atoms with Gasteiger partial charge in [-0.1, -0.05) is 30.3 Å². The van der Waals surface area contributed by atoms with Crippen LogP contribution in [0.25, 0.3) is 11.3 Å². The van der Waals surface area contributed by atoms with Gasteiger partial charge in [0.25, 0.3) is 5.91 Å². The molecule has 4 rings (SSSR count). The molecule has 9 heteroatoms. The lowest BCUT2D eigenvalue weighted by Gasteiger charge is -2.30. The second kappa shape index (κ2) is 11.4. The first-order chi connectivity index (χ1) is 17.4. The number of rotatable bonds is 8. The number of hydrogen-bond donors (Lipinski definition) is 3. The van der Waals surface area contributed by atoms with Gasteiger partial charge in [0.1, 0.15) is 11.6 Å². The summed E-state index contributed by atoms with van der Waals surface area (Å²) in [5.74, 6) is -0.358. The summed E-state index contributed by atoms with van der Waals surface area (Å²) in [5.41, 5.74) is 2.84. The third-order valence-electron chi connectivity index (χ3n) is 5.88. The fourth-order valence-corrected chi connectivity index (χ4v) is 4.18. The molecule has 1 aliphatic rings. The van der Waals surface area contributed by atoms with E-state index in [1.165, 1.54) is 12.1 Å². The standard InChI is InChI=1S/C27H27FN6O2/c1-34-16-21(32-25(35)17-34)15-31-27(36)23-9-10-24(22-8-3-2-6-19(22)14-29)33-26(23)30-12-11-18-5-4-7-20(28)13-18/h2-10,13,21H,11-12,15-17H2,1H3,(H,30,33)(H,31,36)(H,32,35). The molecule has 0 saturated carbocycles. The number of piperazine rings is 1. The van der Waals surface area contributed by atoms with Crippen molar-refractivity contribution in [1.82, 2.24) is 20.5 Å². The van der Waals surface area contributed by atoms with Gasteiger partial charge in [-0.2, -0.15) is 5.26 Å². The predicted molar refractivity (Wildman–Crippen MR) is 135 cm³/mol. The van der Waals surface area contributed by atoms with E-state index in [0.29, 0.717) is 54.3 Å². The minimum Gasteiger partial charge on any atom is -0.369 e. The van der Waals surface area contributed by atoms with E-state index >= 15 is 0 Å². The van der Waals surface area contributed by atoms with Crippen LogP contribution < -0.4 is 16.0 Å². The monoisotopic (exact) mass is 486 g/mol. The second-order valence-electron chi connectivity index (χ2n) is 8.73. The van der Waals surface area contributed by atoms with Crippen molar-refractivity contribution >= 4 is 17.6 Å². The van der Waals surface area contributed by atoms with E-state index in [-0.39, 0.29) is 30.2 Å². The summed E-state index contributed by atoms with van der Waals surface area (Å²) in [4.78, 5) is 31.5. The van der Waals surface area contributed by atoms with Crippen molar-refractivity contribution in [3.8, 4) is 17.3 Å². The zero-order valence-corrected chi connectivity index (χ0v) is 19.9. The summed E-state index contributed by atoms with van der Waals surface area (Å²) in [6.45, 7) is 1.66. The average Bonchev–Trinajstić information content (AvgIpc) is 2.87. The summed E-state index contributed by atoms with van der Waals surface area (Å²) in [6, 6.07) is 18.8. The second-order valence-corrected chi connectivity index (χ2v) is 8.73. The number of anilines is 1. The van der Waals surface area contributed by atoms with Crippen molar-refractivity contribution in [3.05, 3.63) is 83.2 Å². The lowest BCUT2D eigenvalue weighted by molar-refractivity contribution is -0.124. The number of nitrogens with one attached hydrogen (secondary N) is 3. The molecule has 2 heterocycles. The number of hydrogen-bond acceptors (Lipinski definition) is 6. The number of nitriles is 1. The Hall–Kier alpha value is -4.29. The average molecular weight is 487 g/mol. The molecular weight excluding hydrogens is 459 g/mol. The Bertz CT molecular complexity index is 1310. The molecule has 1 aliphatic heterocycles. The molecule has 184 valence electrons. The van der Waals surface area contributed by atoms with Crippen molar-refractivity contribution < 1.29 is 14.0 Å². The summed E-state index contributed by atoms with van der Waals surface area (Å²) in [7, 11) is 1.86. The Balaban J connectivity index is 1.54. The van der Waals surface area contributed by atoms with Crippen LogP contribution >= 0.6 is 0 Å². The molecule has 0 aliphatic carbocycles. The van der Waals surface area contributed by atoms with E-state index in [9.17, 15) is 19.2 Å². The maximum atomic E-state index is 13.5. The van der Waals surface area contributed by atoms with Crippen LogP contribution in [0.15, 0.2) is 60.7 Å². The molecule has 0 radical (unpaired) electrons. The van der Waals surface area contributed by atoms with Gasteiger partial charge in [-0.3, -0.25) is 14.5 Å². The molecule has 0 spiro atoms. The number of pyridine rings is 1. The molecule has 1 fully saturated rings. The van der Waals surface area contributed by atoms with Crippen LogP contribution in [0.5, 0.6) is 0 Å². The third-order valence-corrected chi connectivity index (χ3v) is 5.88. The fourth-order valence-electron chi connectivity index (χ4n) is 4.18. The Morgan fingerprint density at radius 1 is 1.22 bits per heavy atom. The number of carbonyl (C=O) groups is 2. The normalized spacial score (nSPS) is 15.6. The van der Waals surface area contributed by atoms with Crippen LogP contribution in [0.3, 0.4) is 0 Å². The Morgan fingerprint density at radius 3 is 2.83 bits per heavy atom. The quantitative estimate of drug-likeness (QED) is 0.452. The summed E-state index contributed by atoms with van der Waals surface area (Å²) in [5, 5.41) is 18.5. The van der Waals surface area contributed by atoms with Crippen molar-refractivity contribution in [2.24, 2.45) is 0 Å². The first-order valence-corrected chi connectivity index (χ1v) is 11.7. The van der Waals surface area contributed by atoms with E-state index in [4.69, 9.17) is 0 Å². The van der Waals surface area contributed by atoms with Gasteiger partial charge in [0, 0.05) is 25.2 Å². The molecule has 1 aromatic heterocycles. The Labute approximate surface area is 209 Å². The molecule has 1 unspecified atom stereocenters. The van der Waals surface area contributed by atoms with Gasteiger partial charge < -0.3 is 16.0 Å². The third kappa shape index (κ3) is 6.23. The van der Waals surface area contributed by atoms with Crippen molar-refractivity contribution in [1.29, 1.82) is 5.26 Å². The maximum Gasteiger partial charge on any atom is 0.255 e. The van der Waals surface area contributed by atoms with Crippen molar-refractivity contribution in [3.63, 3.8) is 0 Å². The van der Waals surface area contributed by atoms with Gasteiger partial charge in [-0.25, -0.2) is 9.37 Å². The van der Waals surface area contributed by atoms with Crippen LogP contribution in [0.4, 0.5) is 10.2 Å². The molecular formula is C27H27FN6O2. The topological polar surface area (TPSA) is 110 Å². The first kappa shape index (κ1) is 24.8. The maximum absolute atomic E-state index is 13.5. The van der Waals surface area contributed by atoms with Gasteiger partial charge in [0.2, 0.25) is 5.91 Å². The molecule has 8 nitrogen and oxygen atoms in total. The molecule has 1 saturated heterocycles. The smallest absolute Gasteiger partial charge is 0.255 e. The Kier molecular flexibility index (Phi) is 7.88. The fraction of sp³-hybridized carbons (Fsp3) is 0.259. The highest BCUT2D eigenvalue weighted by atomic mass is 19.1. The number of amides is 2. The minimum atomic E-state index is -0.335. The van der Waals surface area contributed by atoms with Gasteiger partial charge >= 0.3 is 0 Å². The Morgan fingerprint density at radius 2 is 2.06 bits per heavy atom. The first-order valence-electron chi connectivity index (χ1n) is 11.7. The SMILES string of the molecule is CN1CC(=O)NC(CNC(=O)c2ccc(-c3ccccc3C#N)nc2NCCc2cccc(F)c2)C1. The highest BCUT2D eigenvalue weighted by molar-refractivity contribution is 5.99. The highest BCUT2D eigenvalue weighted by Gasteiger charge is 2.23. The number of benzene rings is 2. The van der Waals surface area contributed by atoms with E-state index < -0.39 is 0 Å². The van der Waals surface area contributed by atoms with E-state index in [1.54, 1.807) is 36.4 Å². The zero-order valence-electron chi connectivity index (χ0n) is 19.9. The van der Waals surface area contributed by atoms with Crippen molar-refractivity contribution in [2.75, 3.05) is 38.5 Å². The van der Waals surface area contributed by atoms with Crippen LogP contribution in [-0.4, -0.2) is 61.0 Å². The van der Waals surface area contributed by atoms with Crippen LogP contribution in [0.2, 0.25) is 0 Å². The van der Waals surface area contributed by atoms with Crippen molar-refractivity contribution in [2.45, 2.75) is 12.5 Å². The van der Waals surface area contributed by atoms with Gasteiger partial charge in [0.05, 0.1) is 35.5 Å². The largest absolute Gasteiger partial charge is 0.369 e. The minimum absolute atomic E-state index is 0.0788. The molecule has 2 amide bonds. The molecule has 3 aromatic rings. The summed E-state index contributed by atoms with van der Waals surface area (Å²) < 4.78 is 13.5. The molecule has 36 heavy (non-hydrogen) atoms. The van der Waals surface area contributed by atoms with E-state index in [0.717, 1.165) is 5.56 Å². The number of carbonyl (C=O) groups excluding carboxylic acids is 2. The molecule has 0 bridgehead atoms. The van der Waals surface area contributed by atoms with Gasteiger partial charge in [-0.05, 0) is 49.4 Å². The number of nitrogens with zero attached hydrogens (tertiary/aromatic N) is 3. The number of aromatic nitrogens is 1. The summed E-state index contributed by atoms with van der Waals surface area (Å²) >= 11 is 0. The number of likely N-dealkylation sites (N-methyl/N-ethyl adjacent to an activating group) is 1. The van der Waals surface area contributed by atoms with E-state index in [1.807, 2.05) is 24.1 Å². The highest BCUT2D eigenvalue weighted by Crippen LogP contribution is 2.25. The molecule has 1 atom stereocenters. The number of halogens is 1. The zero-order chi connectivity index (χ0) is 25.5.